The summed E-state index contributed by atoms with van der Waals surface area (Å²) in [6, 6.07) is 14.7. The van der Waals surface area contributed by atoms with E-state index in [4.69, 9.17) is 10.5 Å². The Kier molecular flexibility index (Phi) is 5.96. The van der Waals surface area contributed by atoms with Crippen LogP contribution in [0.1, 0.15) is 29.3 Å². The number of carbonyl (C=O) groups excluding carboxylic acids is 2. The van der Waals surface area contributed by atoms with Gasteiger partial charge in [-0.1, -0.05) is 24.3 Å². The molecule has 3 amide bonds. The number of nitrogens with two attached hydrogens (primary N) is 1. The van der Waals surface area contributed by atoms with Gasteiger partial charge in [0.05, 0.1) is 12.3 Å². The summed E-state index contributed by atoms with van der Waals surface area (Å²) in [5.41, 5.74) is 7.62. The van der Waals surface area contributed by atoms with E-state index in [-0.39, 0.29) is 6.03 Å². The molecule has 1 saturated heterocycles. The number of likely N-dealkylation sites (tertiary alicyclic amines) is 1. The van der Waals surface area contributed by atoms with Gasteiger partial charge in [0.1, 0.15) is 5.75 Å². The lowest BCUT2D eigenvalue weighted by Gasteiger charge is -2.19. The standard InChI is InChI=1S/C21H25N3O3/c1-2-27-19-9-4-3-8-18(19)23-21(26)24-11-10-16(14-24)12-15-6-5-7-17(13-15)20(22)25/h3-9,13,16H,2,10-12,14H2,1H3,(H2,22,25)(H,23,26)/t16-/m1/s1. The van der Waals surface area contributed by atoms with E-state index in [0.29, 0.717) is 42.6 Å². The molecule has 0 bridgehead atoms. The minimum absolute atomic E-state index is 0.115. The van der Waals surface area contributed by atoms with Gasteiger partial charge in [-0.15, -0.1) is 0 Å². The molecule has 6 heteroatoms. The number of rotatable bonds is 6. The highest BCUT2D eigenvalue weighted by atomic mass is 16.5. The first-order chi connectivity index (χ1) is 13.1. The van der Waals surface area contributed by atoms with E-state index >= 15 is 0 Å². The van der Waals surface area contributed by atoms with Gasteiger partial charge < -0.3 is 20.7 Å². The molecular weight excluding hydrogens is 342 g/mol. The number of para-hydroxylation sites is 2. The lowest BCUT2D eigenvalue weighted by Crippen LogP contribution is -2.33. The summed E-state index contributed by atoms with van der Waals surface area (Å²) in [5.74, 6) is 0.616. The molecule has 3 N–H and O–H groups in total. The van der Waals surface area contributed by atoms with Gasteiger partial charge in [0.25, 0.3) is 0 Å². The number of carbonyl (C=O) groups is 2. The topological polar surface area (TPSA) is 84.7 Å². The monoisotopic (exact) mass is 367 g/mol. The van der Waals surface area contributed by atoms with Gasteiger partial charge in [0, 0.05) is 18.7 Å². The largest absolute Gasteiger partial charge is 0.492 e. The normalized spacial score (nSPS) is 16.2. The zero-order chi connectivity index (χ0) is 19.2. The number of nitrogens with zero attached hydrogens (tertiary/aromatic N) is 1. The molecule has 0 unspecified atom stereocenters. The summed E-state index contributed by atoms with van der Waals surface area (Å²) in [7, 11) is 0. The number of nitrogens with one attached hydrogen (secondary N) is 1. The van der Waals surface area contributed by atoms with Crippen LogP contribution in [0.4, 0.5) is 10.5 Å². The number of amides is 3. The molecular formula is C21H25N3O3. The summed E-state index contributed by atoms with van der Waals surface area (Å²) in [6.45, 7) is 3.85. The van der Waals surface area contributed by atoms with E-state index in [0.717, 1.165) is 18.4 Å². The van der Waals surface area contributed by atoms with Gasteiger partial charge in [0.2, 0.25) is 5.91 Å². The number of hydrogen-bond donors (Lipinski definition) is 2. The molecule has 3 rings (SSSR count). The van der Waals surface area contributed by atoms with Crippen LogP contribution in [-0.4, -0.2) is 36.5 Å². The summed E-state index contributed by atoms with van der Waals surface area (Å²) >= 11 is 0. The van der Waals surface area contributed by atoms with E-state index in [1.54, 1.807) is 6.07 Å². The van der Waals surface area contributed by atoms with Crippen molar-refractivity contribution in [1.82, 2.24) is 4.90 Å². The van der Waals surface area contributed by atoms with Crippen LogP contribution in [0.15, 0.2) is 48.5 Å². The third-order valence-electron chi connectivity index (χ3n) is 4.74. The van der Waals surface area contributed by atoms with E-state index in [9.17, 15) is 9.59 Å². The average Bonchev–Trinajstić information content (AvgIpc) is 3.12. The predicted octanol–water partition coefficient (Wildman–Crippen LogP) is 3.28. The Labute approximate surface area is 159 Å². The molecule has 0 radical (unpaired) electrons. The summed E-state index contributed by atoms with van der Waals surface area (Å²) in [5, 5.41) is 2.95. The van der Waals surface area contributed by atoms with E-state index in [1.165, 1.54) is 0 Å². The number of ether oxygens (including phenoxy) is 1. The van der Waals surface area contributed by atoms with Crippen molar-refractivity contribution < 1.29 is 14.3 Å². The summed E-state index contributed by atoms with van der Waals surface area (Å²) in [6.07, 6.45) is 1.75. The Morgan fingerprint density at radius 1 is 1.22 bits per heavy atom. The molecule has 1 atom stereocenters. The van der Waals surface area contributed by atoms with Crippen LogP contribution in [0, 0.1) is 5.92 Å². The maximum absolute atomic E-state index is 12.6. The molecule has 1 heterocycles. The van der Waals surface area contributed by atoms with Crippen molar-refractivity contribution in [2.45, 2.75) is 19.8 Å². The predicted molar refractivity (Wildman–Crippen MR) is 105 cm³/mol. The van der Waals surface area contributed by atoms with Crippen LogP contribution in [0.25, 0.3) is 0 Å². The van der Waals surface area contributed by atoms with Crippen molar-refractivity contribution in [3.63, 3.8) is 0 Å². The fourth-order valence-corrected chi connectivity index (χ4v) is 3.41. The van der Waals surface area contributed by atoms with Crippen molar-refractivity contribution in [2.75, 3.05) is 25.0 Å². The Morgan fingerprint density at radius 2 is 2.04 bits per heavy atom. The van der Waals surface area contributed by atoms with Crippen LogP contribution in [0.5, 0.6) is 5.75 Å². The minimum Gasteiger partial charge on any atom is -0.492 e. The molecule has 0 saturated carbocycles. The smallest absolute Gasteiger partial charge is 0.321 e. The fraction of sp³-hybridized carbons (Fsp3) is 0.333. The van der Waals surface area contributed by atoms with E-state index < -0.39 is 5.91 Å². The Hall–Kier alpha value is -3.02. The summed E-state index contributed by atoms with van der Waals surface area (Å²) < 4.78 is 5.56. The molecule has 1 aliphatic heterocycles. The first-order valence-electron chi connectivity index (χ1n) is 9.23. The van der Waals surface area contributed by atoms with E-state index in [2.05, 4.69) is 5.32 Å². The molecule has 2 aromatic rings. The fourth-order valence-electron chi connectivity index (χ4n) is 3.41. The number of benzene rings is 2. The second-order valence-corrected chi connectivity index (χ2v) is 6.73. The molecule has 0 aliphatic carbocycles. The number of urea groups is 1. The number of anilines is 1. The Balaban J connectivity index is 1.58. The molecule has 0 spiro atoms. The minimum atomic E-state index is -0.419. The molecule has 0 aromatic heterocycles. The lowest BCUT2D eigenvalue weighted by atomic mass is 9.97. The van der Waals surface area contributed by atoms with Crippen molar-refractivity contribution >= 4 is 17.6 Å². The SMILES string of the molecule is CCOc1ccccc1NC(=O)N1CC[C@H](Cc2cccc(C(N)=O)c2)C1. The zero-order valence-electron chi connectivity index (χ0n) is 15.5. The quantitative estimate of drug-likeness (QED) is 0.822. The van der Waals surface area contributed by atoms with Crippen molar-refractivity contribution in [2.24, 2.45) is 11.7 Å². The third-order valence-corrected chi connectivity index (χ3v) is 4.74. The second kappa shape index (κ2) is 8.58. The molecule has 2 aromatic carbocycles. The van der Waals surface area contributed by atoms with Gasteiger partial charge in [-0.25, -0.2) is 4.79 Å². The van der Waals surface area contributed by atoms with Gasteiger partial charge in [-0.3, -0.25) is 4.79 Å². The van der Waals surface area contributed by atoms with Crippen LogP contribution in [0.2, 0.25) is 0 Å². The van der Waals surface area contributed by atoms with Gasteiger partial charge in [-0.2, -0.15) is 0 Å². The summed E-state index contributed by atoms with van der Waals surface area (Å²) in [4.78, 5) is 25.8. The van der Waals surface area contributed by atoms with Crippen molar-refractivity contribution in [3.05, 3.63) is 59.7 Å². The molecule has 6 nitrogen and oxygen atoms in total. The molecule has 27 heavy (non-hydrogen) atoms. The van der Waals surface area contributed by atoms with Crippen LogP contribution >= 0.6 is 0 Å². The maximum atomic E-state index is 12.6. The lowest BCUT2D eigenvalue weighted by molar-refractivity contribution is 0.1000. The molecule has 1 fully saturated rings. The zero-order valence-corrected chi connectivity index (χ0v) is 15.5. The first-order valence-corrected chi connectivity index (χ1v) is 9.23. The maximum Gasteiger partial charge on any atom is 0.321 e. The highest BCUT2D eigenvalue weighted by Gasteiger charge is 2.27. The first kappa shape index (κ1) is 18.8. The molecule has 142 valence electrons. The Morgan fingerprint density at radius 3 is 2.81 bits per heavy atom. The number of hydrogen-bond acceptors (Lipinski definition) is 3. The van der Waals surface area contributed by atoms with Crippen LogP contribution in [0.3, 0.4) is 0 Å². The van der Waals surface area contributed by atoms with E-state index in [1.807, 2.05) is 54.3 Å². The van der Waals surface area contributed by atoms with Crippen molar-refractivity contribution in [1.29, 1.82) is 0 Å². The third kappa shape index (κ3) is 4.78. The average molecular weight is 367 g/mol. The highest BCUT2D eigenvalue weighted by molar-refractivity contribution is 5.93. The van der Waals surface area contributed by atoms with Crippen molar-refractivity contribution in [3.8, 4) is 5.75 Å². The molecule has 1 aliphatic rings. The van der Waals surface area contributed by atoms with Gasteiger partial charge >= 0.3 is 6.03 Å². The Bertz CT molecular complexity index is 822. The highest BCUT2D eigenvalue weighted by Crippen LogP contribution is 2.26. The van der Waals surface area contributed by atoms with Crippen LogP contribution < -0.4 is 15.8 Å². The second-order valence-electron chi connectivity index (χ2n) is 6.73. The van der Waals surface area contributed by atoms with Gasteiger partial charge in [0.15, 0.2) is 0 Å². The van der Waals surface area contributed by atoms with Crippen LogP contribution in [-0.2, 0) is 6.42 Å². The van der Waals surface area contributed by atoms with Gasteiger partial charge in [-0.05, 0) is 55.5 Å². The number of primary amides is 1.